The number of hydrogen-bond donors (Lipinski definition) is 1. The maximum atomic E-state index is 13.2. The van der Waals surface area contributed by atoms with Crippen molar-refractivity contribution in [1.29, 1.82) is 0 Å². The first-order chi connectivity index (χ1) is 9.49. The molecular weight excluding hydrogens is 321 g/mol. The third-order valence-corrected chi connectivity index (χ3v) is 3.60. The highest BCUT2D eigenvalue weighted by Gasteiger charge is 2.17. The Hall–Kier alpha value is -1.39. The normalized spacial score (nSPS) is 12.5. The van der Waals surface area contributed by atoms with Crippen molar-refractivity contribution in [2.75, 3.05) is 0 Å². The first-order valence-corrected chi connectivity index (χ1v) is 7.24. The Morgan fingerprint density at radius 3 is 2.45 bits per heavy atom. The maximum Gasteiger partial charge on any atom is 0.124 e. The number of halogens is 2. The summed E-state index contributed by atoms with van der Waals surface area (Å²) in [5.74, 6) is 0.464. The van der Waals surface area contributed by atoms with Crippen molar-refractivity contribution in [3.8, 4) is 5.75 Å². The van der Waals surface area contributed by atoms with Crippen LogP contribution in [0.15, 0.2) is 46.9 Å². The second kappa shape index (κ2) is 6.37. The van der Waals surface area contributed by atoms with E-state index in [1.165, 1.54) is 12.1 Å². The first kappa shape index (κ1) is 15.0. The van der Waals surface area contributed by atoms with Gasteiger partial charge in [-0.2, -0.15) is 0 Å². The minimum atomic E-state index is -0.375. The summed E-state index contributed by atoms with van der Waals surface area (Å²) in [6.07, 6.45) is 0.0695. The summed E-state index contributed by atoms with van der Waals surface area (Å²) in [5.41, 5.74) is 8.02. The van der Waals surface area contributed by atoms with Gasteiger partial charge in [-0.05, 0) is 37.6 Å². The van der Waals surface area contributed by atoms with E-state index in [1.54, 1.807) is 6.07 Å². The van der Waals surface area contributed by atoms with Gasteiger partial charge in [0.2, 0.25) is 0 Å². The van der Waals surface area contributed by atoms with Gasteiger partial charge >= 0.3 is 0 Å². The number of para-hydroxylation sites is 1. The standard InChI is InChI=1S/C16H17BrFNO/c1-10(2)20-15-6-4-3-5-13(15)16(19)12-8-7-11(18)9-14(12)17/h3-10,16H,19H2,1-2H3. The second-order valence-electron chi connectivity index (χ2n) is 4.85. The van der Waals surface area contributed by atoms with E-state index in [2.05, 4.69) is 15.9 Å². The molecule has 0 spiro atoms. The molecule has 0 aliphatic rings. The van der Waals surface area contributed by atoms with Crippen LogP contribution in [0.1, 0.15) is 31.0 Å². The second-order valence-corrected chi connectivity index (χ2v) is 5.70. The van der Waals surface area contributed by atoms with Crippen LogP contribution in [0.3, 0.4) is 0 Å². The average molecular weight is 338 g/mol. The Morgan fingerprint density at radius 1 is 1.10 bits per heavy atom. The van der Waals surface area contributed by atoms with Gasteiger partial charge in [-0.1, -0.05) is 40.2 Å². The van der Waals surface area contributed by atoms with Gasteiger partial charge < -0.3 is 10.5 Å². The molecule has 0 amide bonds. The van der Waals surface area contributed by atoms with Crippen LogP contribution in [0.25, 0.3) is 0 Å². The van der Waals surface area contributed by atoms with Crippen molar-refractivity contribution in [2.45, 2.75) is 26.0 Å². The van der Waals surface area contributed by atoms with Crippen molar-refractivity contribution in [3.05, 3.63) is 63.9 Å². The lowest BCUT2D eigenvalue weighted by Gasteiger charge is -2.20. The molecule has 0 fully saturated rings. The third-order valence-electron chi connectivity index (χ3n) is 2.91. The highest BCUT2D eigenvalue weighted by atomic mass is 79.9. The van der Waals surface area contributed by atoms with E-state index < -0.39 is 0 Å². The molecule has 106 valence electrons. The van der Waals surface area contributed by atoms with Gasteiger partial charge in [0.15, 0.2) is 0 Å². The first-order valence-electron chi connectivity index (χ1n) is 6.45. The monoisotopic (exact) mass is 337 g/mol. The van der Waals surface area contributed by atoms with Gasteiger partial charge in [0, 0.05) is 10.0 Å². The molecule has 2 aromatic carbocycles. The van der Waals surface area contributed by atoms with Gasteiger partial charge in [-0.15, -0.1) is 0 Å². The highest BCUT2D eigenvalue weighted by Crippen LogP contribution is 2.32. The van der Waals surface area contributed by atoms with Crippen molar-refractivity contribution < 1.29 is 9.13 Å². The third kappa shape index (κ3) is 3.38. The van der Waals surface area contributed by atoms with E-state index in [1.807, 2.05) is 38.1 Å². The molecule has 0 radical (unpaired) electrons. The van der Waals surface area contributed by atoms with Crippen LogP contribution in [0.5, 0.6) is 5.75 Å². The molecule has 1 atom stereocenters. The van der Waals surface area contributed by atoms with Crippen LogP contribution < -0.4 is 10.5 Å². The van der Waals surface area contributed by atoms with Gasteiger partial charge in [-0.3, -0.25) is 0 Å². The molecule has 1 unspecified atom stereocenters. The number of benzene rings is 2. The molecule has 2 N–H and O–H groups in total. The number of nitrogens with two attached hydrogens (primary N) is 1. The topological polar surface area (TPSA) is 35.2 Å². The summed E-state index contributed by atoms with van der Waals surface area (Å²) in [4.78, 5) is 0. The Balaban J connectivity index is 2.40. The van der Waals surface area contributed by atoms with Crippen molar-refractivity contribution in [2.24, 2.45) is 5.73 Å². The van der Waals surface area contributed by atoms with Gasteiger partial charge in [-0.25, -0.2) is 4.39 Å². The van der Waals surface area contributed by atoms with Gasteiger partial charge in [0.25, 0.3) is 0 Å². The summed E-state index contributed by atoms with van der Waals surface area (Å²) in [6, 6.07) is 11.8. The lowest BCUT2D eigenvalue weighted by molar-refractivity contribution is 0.239. The molecule has 0 aromatic heterocycles. The molecule has 0 saturated heterocycles. The predicted molar refractivity (Wildman–Crippen MR) is 82.3 cm³/mol. The molecule has 4 heteroatoms. The summed E-state index contributed by atoms with van der Waals surface area (Å²) in [6.45, 7) is 3.94. The molecule has 2 nitrogen and oxygen atoms in total. The zero-order valence-corrected chi connectivity index (χ0v) is 13.0. The number of hydrogen-bond acceptors (Lipinski definition) is 2. The average Bonchev–Trinajstić information content (AvgIpc) is 2.38. The Bertz CT molecular complexity index is 601. The van der Waals surface area contributed by atoms with E-state index in [9.17, 15) is 4.39 Å². The van der Waals surface area contributed by atoms with E-state index in [0.717, 1.165) is 16.9 Å². The van der Waals surface area contributed by atoms with Crippen LogP contribution >= 0.6 is 15.9 Å². The quantitative estimate of drug-likeness (QED) is 0.895. The lowest BCUT2D eigenvalue weighted by atomic mass is 9.98. The van der Waals surface area contributed by atoms with E-state index in [0.29, 0.717) is 4.47 Å². The Morgan fingerprint density at radius 2 is 1.80 bits per heavy atom. The van der Waals surface area contributed by atoms with Crippen molar-refractivity contribution in [3.63, 3.8) is 0 Å². The smallest absolute Gasteiger partial charge is 0.124 e. The molecule has 0 heterocycles. The number of ether oxygens (including phenoxy) is 1. The maximum absolute atomic E-state index is 13.2. The molecule has 2 rings (SSSR count). The molecule has 0 aliphatic carbocycles. The van der Waals surface area contributed by atoms with E-state index in [-0.39, 0.29) is 18.0 Å². The number of rotatable bonds is 4. The molecule has 0 saturated carbocycles. The van der Waals surface area contributed by atoms with Crippen molar-refractivity contribution >= 4 is 15.9 Å². The van der Waals surface area contributed by atoms with Crippen molar-refractivity contribution in [1.82, 2.24) is 0 Å². The minimum absolute atomic E-state index is 0.0695. The van der Waals surface area contributed by atoms with Gasteiger partial charge in [0.1, 0.15) is 11.6 Å². The SMILES string of the molecule is CC(C)Oc1ccccc1C(N)c1ccc(F)cc1Br. The van der Waals surface area contributed by atoms with E-state index in [4.69, 9.17) is 10.5 Å². The lowest BCUT2D eigenvalue weighted by Crippen LogP contribution is -2.16. The fourth-order valence-corrected chi connectivity index (χ4v) is 2.62. The fourth-order valence-electron chi connectivity index (χ4n) is 2.02. The molecular formula is C16H17BrFNO. The van der Waals surface area contributed by atoms with Gasteiger partial charge in [0.05, 0.1) is 12.1 Å². The Labute approximate surface area is 126 Å². The summed E-state index contributed by atoms with van der Waals surface area (Å²) < 4.78 is 19.6. The fraction of sp³-hybridized carbons (Fsp3) is 0.250. The Kier molecular flexibility index (Phi) is 4.78. The summed E-state index contributed by atoms with van der Waals surface area (Å²) >= 11 is 3.36. The summed E-state index contributed by atoms with van der Waals surface area (Å²) in [5, 5.41) is 0. The summed E-state index contributed by atoms with van der Waals surface area (Å²) in [7, 11) is 0. The van der Waals surface area contributed by atoms with Crippen LogP contribution in [0.2, 0.25) is 0 Å². The van der Waals surface area contributed by atoms with Crippen LogP contribution in [-0.4, -0.2) is 6.10 Å². The molecule has 0 aliphatic heterocycles. The molecule has 0 bridgehead atoms. The van der Waals surface area contributed by atoms with Crippen LogP contribution in [0.4, 0.5) is 4.39 Å². The van der Waals surface area contributed by atoms with Crippen LogP contribution in [-0.2, 0) is 0 Å². The molecule has 20 heavy (non-hydrogen) atoms. The predicted octanol–water partition coefficient (Wildman–Crippen LogP) is 4.42. The minimum Gasteiger partial charge on any atom is -0.491 e. The largest absolute Gasteiger partial charge is 0.491 e. The highest BCUT2D eigenvalue weighted by molar-refractivity contribution is 9.10. The zero-order valence-electron chi connectivity index (χ0n) is 11.4. The zero-order chi connectivity index (χ0) is 14.7. The van der Waals surface area contributed by atoms with E-state index >= 15 is 0 Å². The molecule has 2 aromatic rings. The van der Waals surface area contributed by atoms with Crippen LogP contribution in [0, 0.1) is 5.82 Å².